The van der Waals surface area contributed by atoms with Crippen LogP contribution in [0, 0.1) is 13.8 Å². The Kier molecular flexibility index (Phi) is 5.76. The minimum Gasteiger partial charge on any atom is -0.325 e. The van der Waals surface area contributed by atoms with Crippen LogP contribution < -0.4 is 10.9 Å². The molecule has 0 radical (unpaired) electrons. The molecular weight excluding hydrogens is 358 g/mol. The summed E-state index contributed by atoms with van der Waals surface area (Å²) < 4.78 is 0. The molecule has 3 rings (SSSR count). The highest BCUT2D eigenvalue weighted by Crippen LogP contribution is 2.24. The minimum absolute atomic E-state index is 0.139. The van der Waals surface area contributed by atoms with Gasteiger partial charge in [-0.3, -0.25) is 9.59 Å². The summed E-state index contributed by atoms with van der Waals surface area (Å²) in [5.74, 6) is -0.139. The van der Waals surface area contributed by atoms with Crippen LogP contribution in [-0.2, 0) is 4.79 Å². The van der Waals surface area contributed by atoms with Crippen LogP contribution in [0.3, 0.4) is 0 Å². The topological polar surface area (TPSA) is 74.8 Å². The van der Waals surface area contributed by atoms with Gasteiger partial charge in [0.2, 0.25) is 5.91 Å². The molecule has 1 atom stereocenters. The van der Waals surface area contributed by atoms with Crippen molar-refractivity contribution in [3.8, 4) is 11.3 Å². The van der Waals surface area contributed by atoms with Crippen molar-refractivity contribution in [3.05, 3.63) is 76.1 Å². The van der Waals surface area contributed by atoms with Crippen LogP contribution in [0.1, 0.15) is 18.1 Å². The van der Waals surface area contributed by atoms with E-state index in [1.54, 1.807) is 6.92 Å². The lowest BCUT2D eigenvalue weighted by atomic mass is 10.1. The van der Waals surface area contributed by atoms with Gasteiger partial charge in [0.05, 0.1) is 10.9 Å². The zero-order valence-electron chi connectivity index (χ0n) is 15.4. The molecule has 0 aliphatic rings. The molecule has 0 spiro atoms. The first-order valence-corrected chi connectivity index (χ1v) is 9.52. The van der Waals surface area contributed by atoms with Gasteiger partial charge >= 0.3 is 0 Å². The maximum absolute atomic E-state index is 12.5. The van der Waals surface area contributed by atoms with E-state index in [0.29, 0.717) is 10.9 Å². The number of aryl methyl sites for hydroxylation is 2. The predicted octanol–water partition coefficient (Wildman–Crippen LogP) is 4.17. The summed E-state index contributed by atoms with van der Waals surface area (Å²) in [5.41, 5.74) is 4.15. The van der Waals surface area contributed by atoms with E-state index in [0.717, 1.165) is 22.4 Å². The zero-order valence-corrected chi connectivity index (χ0v) is 16.3. The maximum atomic E-state index is 12.5. The molecule has 27 heavy (non-hydrogen) atoms. The van der Waals surface area contributed by atoms with Crippen molar-refractivity contribution in [3.63, 3.8) is 0 Å². The van der Waals surface area contributed by atoms with Crippen LogP contribution in [0.15, 0.2) is 64.5 Å². The number of carbonyl (C=O) groups is 1. The summed E-state index contributed by atoms with van der Waals surface area (Å²) in [4.78, 5) is 31.7. The molecule has 138 valence electrons. The number of rotatable bonds is 5. The number of nitrogens with zero attached hydrogens (tertiary/aromatic N) is 1. The molecule has 1 amide bonds. The number of thioether (sulfide) groups is 1. The van der Waals surface area contributed by atoms with E-state index in [2.05, 4.69) is 15.3 Å². The van der Waals surface area contributed by atoms with Crippen LogP contribution in [0.2, 0.25) is 0 Å². The lowest BCUT2D eigenvalue weighted by Gasteiger charge is -2.14. The van der Waals surface area contributed by atoms with Crippen molar-refractivity contribution in [1.29, 1.82) is 0 Å². The number of benzene rings is 2. The lowest BCUT2D eigenvalue weighted by molar-refractivity contribution is -0.115. The second-order valence-corrected chi connectivity index (χ2v) is 7.70. The molecule has 2 aromatic carbocycles. The normalized spacial score (nSPS) is 11.8. The van der Waals surface area contributed by atoms with Crippen molar-refractivity contribution < 1.29 is 4.79 Å². The Hall–Kier alpha value is -2.86. The monoisotopic (exact) mass is 379 g/mol. The minimum atomic E-state index is -0.417. The lowest BCUT2D eigenvalue weighted by Crippen LogP contribution is -2.23. The number of hydrogen-bond donors (Lipinski definition) is 2. The Balaban J connectivity index is 1.75. The molecule has 0 aliphatic carbocycles. The van der Waals surface area contributed by atoms with E-state index in [1.807, 2.05) is 62.4 Å². The first-order valence-electron chi connectivity index (χ1n) is 8.64. The fourth-order valence-electron chi connectivity index (χ4n) is 2.66. The van der Waals surface area contributed by atoms with Crippen LogP contribution in [-0.4, -0.2) is 21.1 Å². The molecular formula is C21H21N3O2S. The zero-order chi connectivity index (χ0) is 19.4. The van der Waals surface area contributed by atoms with Crippen LogP contribution in [0.4, 0.5) is 5.69 Å². The van der Waals surface area contributed by atoms with Gasteiger partial charge in [-0.1, -0.05) is 59.8 Å². The average molecular weight is 379 g/mol. The van der Waals surface area contributed by atoms with E-state index in [1.165, 1.54) is 17.8 Å². The first-order chi connectivity index (χ1) is 12.9. The number of aromatic amines is 1. The average Bonchev–Trinajstić information content (AvgIpc) is 2.64. The standard InChI is InChI=1S/C21H21N3O2S/c1-13-9-10-17(14(2)11-13)22-20(26)15(3)27-21-23-18(12-19(25)24-21)16-7-5-4-6-8-16/h4-12,15H,1-3H3,(H,22,26)(H,23,24,25)/t15-/m1/s1. The van der Waals surface area contributed by atoms with Crippen LogP contribution in [0.25, 0.3) is 11.3 Å². The fourth-order valence-corrected chi connectivity index (χ4v) is 3.47. The molecule has 0 unspecified atom stereocenters. The van der Waals surface area contributed by atoms with Crippen LogP contribution >= 0.6 is 11.8 Å². The third-order valence-electron chi connectivity index (χ3n) is 4.09. The van der Waals surface area contributed by atoms with Gasteiger partial charge in [-0.15, -0.1) is 0 Å². The predicted molar refractivity (Wildman–Crippen MR) is 110 cm³/mol. The van der Waals surface area contributed by atoms with Crippen molar-refractivity contribution >= 4 is 23.4 Å². The Morgan fingerprint density at radius 1 is 1.11 bits per heavy atom. The van der Waals surface area contributed by atoms with Gasteiger partial charge in [-0.05, 0) is 32.4 Å². The SMILES string of the molecule is Cc1ccc(NC(=O)[C@@H](C)Sc2nc(-c3ccccc3)cc(=O)[nH]2)c(C)c1. The summed E-state index contributed by atoms with van der Waals surface area (Å²) in [7, 11) is 0. The number of hydrogen-bond acceptors (Lipinski definition) is 4. The molecule has 2 N–H and O–H groups in total. The Morgan fingerprint density at radius 2 is 1.85 bits per heavy atom. The molecule has 0 saturated carbocycles. The Labute approximate surface area is 162 Å². The summed E-state index contributed by atoms with van der Waals surface area (Å²) in [6.45, 7) is 5.76. The van der Waals surface area contributed by atoms with Gasteiger partial charge in [0.25, 0.3) is 5.56 Å². The highest BCUT2D eigenvalue weighted by atomic mass is 32.2. The third-order valence-corrected chi connectivity index (χ3v) is 5.07. The largest absolute Gasteiger partial charge is 0.325 e. The van der Waals surface area contributed by atoms with Gasteiger partial charge < -0.3 is 10.3 Å². The van der Waals surface area contributed by atoms with Crippen molar-refractivity contribution in [2.75, 3.05) is 5.32 Å². The van der Waals surface area contributed by atoms with E-state index < -0.39 is 5.25 Å². The Morgan fingerprint density at radius 3 is 2.56 bits per heavy atom. The summed E-state index contributed by atoms with van der Waals surface area (Å²) in [6, 6.07) is 16.8. The molecule has 0 saturated heterocycles. The number of carbonyl (C=O) groups excluding carboxylic acids is 1. The van der Waals surface area contributed by atoms with Gasteiger partial charge in [0.1, 0.15) is 0 Å². The smallest absolute Gasteiger partial charge is 0.252 e. The summed E-state index contributed by atoms with van der Waals surface area (Å²) in [6.07, 6.45) is 0. The van der Waals surface area contributed by atoms with E-state index >= 15 is 0 Å². The molecule has 5 nitrogen and oxygen atoms in total. The van der Waals surface area contributed by atoms with Crippen molar-refractivity contribution in [2.45, 2.75) is 31.2 Å². The molecule has 1 heterocycles. The van der Waals surface area contributed by atoms with Gasteiger partial charge in [-0.2, -0.15) is 0 Å². The van der Waals surface area contributed by atoms with Crippen molar-refractivity contribution in [1.82, 2.24) is 9.97 Å². The molecule has 3 aromatic rings. The molecule has 0 bridgehead atoms. The van der Waals surface area contributed by atoms with Crippen molar-refractivity contribution in [2.24, 2.45) is 0 Å². The number of aromatic nitrogens is 2. The number of nitrogens with one attached hydrogen (secondary N) is 2. The van der Waals surface area contributed by atoms with Gasteiger partial charge in [0.15, 0.2) is 5.16 Å². The van der Waals surface area contributed by atoms with E-state index in [9.17, 15) is 9.59 Å². The summed E-state index contributed by atoms with van der Waals surface area (Å²) >= 11 is 1.22. The fraction of sp³-hybridized carbons (Fsp3) is 0.190. The first kappa shape index (κ1) is 18.9. The maximum Gasteiger partial charge on any atom is 0.252 e. The van der Waals surface area contributed by atoms with E-state index in [4.69, 9.17) is 0 Å². The summed E-state index contributed by atoms with van der Waals surface area (Å²) in [5, 5.41) is 2.94. The molecule has 0 aliphatic heterocycles. The van der Waals surface area contributed by atoms with Gasteiger partial charge in [-0.25, -0.2) is 4.98 Å². The molecule has 0 fully saturated rings. The second-order valence-electron chi connectivity index (χ2n) is 6.37. The second kappa shape index (κ2) is 8.22. The number of anilines is 1. The van der Waals surface area contributed by atoms with Gasteiger partial charge in [0, 0.05) is 17.3 Å². The van der Waals surface area contributed by atoms with E-state index in [-0.39, 0.29) is 11.5 Å². The molecule has 1 aromatic heterocycles. The Bertz CT molecular complexity index is 1020. The highest BCUT2D eigenvalue weighted by Gasteiger charge is 2.17. The third kappa shape index (κ3) is 4.86. The molecule has 6 heteroatoms. The number of amides is 1. The highest BCUT2D eigenvalue weighted by molar-refractivity contribution is 8.00. The van der Waals surface area contributed by atoms with Crippen LogP contribution in [0.5, 0.6) is 0 Å². The quantitative estimate of drug-likeness (QED) is 0.515. The number of H-pyrrole nitrogens is 1.